The van der Waals surface area contributed by atoms with Crippen LogP contribution in [-0.2, 0) is 0 Å². The molecule has 184 valence electrons. The van der Waals surface area contributed by atoms with Crippen LogP contribution in [0, 0.1) is 6.92 Å². The normalized spacial score (nSPS) is 10.9. The van der Waals surface area contributed by atoms with Gasteiger partial charge >= 0.3 is 0 Å². The Morgan fingerprint density at radius 2 is 1.76 bits per heavy atom. The van der Waals surface area contributed by atoms with Gasteiger partial charge in [0.25, 0.3) is 5.91 Å². The number of pyridine rings is 1. The van der Waals surface area contributed by atoms with Crippen molar-refractivity contribution in [2.45, 2.75) is 13.8 Å². The standard InChI is InChI=1S/C27H20ClN5O3S/c1-14-10-19(20-11-18(28)8-9-23(20)36-3)21(12-29-14)25(35)33-27-32-24-26(37-27)31-22(13-30-24)17-6-4-16(5-7-17)15(2)34/h4-13H,1-3H3,(H,30,32,33,35). The van der Waals surface area contributed by atoms with Crippen LogP contribution in [0.25, 0.3) is 32.9 Å². The molecule has 1 amide bonds. The summed E-state index contributed by atoms with van der Waals surface area (Å²) < 4.78 is 5.50. The number of aryl methyl sites for hydroxylation is 1. The van der Waals surface area contributed by atoms with Gasteiger partial charge in [0, 0.05) is 39.2 Å². The van der Waals surface area contributed by atoms with Crippen LogP contribution in [0.5, 0.6) is 5.75 Å². The minimum absolute atomic E-state index is 0.00309. The summed E-state index contributed by atoms with van der Waals surface area (Å²) in [5.74, 6) is 0.196. The van der Waals surface area contributed by atoms with Gasteiger partial charge in [0.2, 0.25) is 0 Å². The number of benzene rings is 2. The van der Waals surface area contributed by atoms with Crippen LogP contribution < -0.4 is 10.1 Å². The van der Waals surface area contributed by atoms with Gasteiger partial charge in [-0.2, -0.15) is 4.98 Å². The third-order valence-electron chi connectivity index (χ3n) is 5.67. The molecule has 10 heteroatoms. The second kappa shape index (κ2) is 10.0. The summed E-state index contributed by atoms with van der Waals surface area (Å²) >= 11 is 7.45. The zero-order valence-electron chi connectivity index (χ0n) is 20.1. The number of halogens is 1. The summed E-state index contributed by atoms with van der Waals surface area (Å²) in [6.07, 6.45) is 3.14. The minimum atomic E-state index is -0.386. The fourth-order valence-corrected chi connectivity index (χ4v) is 4.77. The van der Waals surface area contributed by atoms with Gasteiger partial charge in [-0.05, 0) is 38.1 Å². The number of Topliss-reactive ketones (excluding diaryl/α,β-unsaturated/α-hetero) is 1. The number of rotatable bonds is 6. The van der Waals surface area contributed by atoms with Gasteiger partial charge in [-0.1, -0.05) is 47.2 Å². The molecule has 1 N–H and O–H groups in total. The Balaban J connectivity index is 1.45. The molecular formula is C27H20ClN5O3S. The van der Waals surface area contributed by atoms with E-state index in [1.807, 2.05) is 25.1 Å². The van der Waals surface area contributed by atoms with Crippen LogP contribution in [-0.4, -0.2) is 38.7 Å². The quantitative estimate of drug-likeness (QED) is 0.259. The lowest BCUT2D eigenvalue weighted by atomic mass is 9.99. The Hall–Kier alpha value is -4.21. The fourth-order valence-electron chi connectivity index (χ4n) is 3.81. The zero-order chi connectivity index (χ0) is 26.1. The van der Waals surface area contributed by atoms with Gasteiger partial charge < -0.3 is 4.74 Å². The van der Waals surface area contributed by atoms with Crippen LogP contribution in [0.2, 0.25) is 5.02 Å². The molecule has 0 spiro atoms. The summed E-state index contributed by atoms with van der Waals surface area (Å²) in [6.45, 7) is 3.37. The SMILES string of the molecule is COc1ccc(Cl)cc1-c1cc(C)ncc1C(=O)Nc1nc2ncc(-c3ccc(C(C)=O)cc3)nc2s1. The maximum Gasteiger partial charge on any atom is 0.259 e. The Labute approximate surface area is 221 Å². The second-order valence-corrected chi connectivity index (χ2v) is 9.62. The van der Waals surface area contributed by atoms with Crippen molar-refractivity contribution in [2.24, 2.45) is 0 Å². The molecule has 2 aromatic carbocycles. The number of carbonyl (C=O) groups excluding carboxylic acids is 2. The van der Waals surface area contributed by atoms with Crippen LogP contribution in [0.15, 0.2) is 60.9 Å². The Morgan fingerprint density at radius 1 is 0.973 bits per heavy atom. The number of methoxy groups -OCH3 is 1. The van der Waals surface area contributed by atoms with Crippen LogP contribution in [0.4, 0.5) is 5.13 Å². The summed E-state index contributed by atoms with van der Waals surface area (Å²) in [5, 5.41) is 3.72. The number of hydrogen-bond acceptors (Lipinski definition) is 8. The maximum absolute atomic E-state index is 13.3. The lowest BCUT2D eigenvalue weighted by Crippen LogP contribution is -2.14. The largest absolute Gasteiger partial charge is 0.496 e. The van der Waals surface area contributed by atoms with E-state index in [0.717, 1.165) is 11.3 Å². The van der Waals surface area contributed by atoms with Gasteiger partial charge in [-0.15, -0.1) is 0 Å². The predicted molar refractivity (Wildman–Crippen MR) is 145 cm³/mol. The molecule has 0 saturated heterocycles. The Kier molecular flexibility index (Phi) is 6.64. The van der Waals surface area contributed by atoms with Crippen molar-refractivity contribution in [1.29, 1.82) is 0 Å². The molecule has 0 aliphatic rings. The third-order valence-corrected chi connectivity index (χ3v) is 6.76. The topological polar surface area (TPSA) is 107 Å². The molecule has 0 unspecified atom stereocenters. The molecule has 0 radical (unpaired) electrons. The molecule has 5 rings (SSSR count). The van der Waals surface area contributed by atoms with E-state index in [1.54, 1.807) is 43.6 Å². The molecule has 5 aromatic rings. The second-order valence-electron chi connectivity index (χ2n) is 8.21. The van der Waals surface area contributed by atoms with Gasteiger partial charge in [0.15, 0.2) is 21.4 Å². The Morgan fingerprint density at radius 3 is 2.49 bits per heavy atom. The zero-order valence-corrected chi connectivity index (χ0v) is 21.6. The number of ether oxygens (including phenoxy) is 1. The van der Waals surface area contributed by atoms with Crippen molar-refractivity contribution >= 4 is 50.2 Å². The highest BCUT2D eigenvalue weighted by Crippen LogP contribution is 2.35. The van der Waals surface area contributed by atoms with E-state index in [2.05, 4.69) is 25.3 Å². The lowest BCUT2D eigenvalue weighted by molar-refractivity contribution is 0.101. The number of carbonyl (C=O) groups is 2. The van der Waals surface area contributed by atoms with Gasteiger partial charge in [-0.3, -0.25) is 19.9 Å². The Bertz CT molecular complexity index is 1670. The summed E-state index contributed by atoms with van der Waals surface area (Å²) in [6, 6.07) is 14.2. The third kappa shape index (κ3) is 5.04. The summed E-state index contributed by atoms with van der Waals surface area (Å²) in [4.78, 5) is 43.2. The van der Waals surface area contributed by atoms with E-state index in [4.69, 9.17) is 16.3 Å². The molecule has 0 aliphatic heterocycles. The first kappa shape index (κ1) is 24.5. The molecule has 0 atom stereocenters. The lowest BCUT2D eigenvalue weighted by Gasteiger charge is -2.13. The first-order chi connectivity index (χ1) is 17.8. The predicted octanol–water partition coefficient (Wildman–Crippen LogP) is 6.24. The first-order valence-electron chi connectivity index (χ1n) is 11.2. The number of aromatic nitrogens is 4. The average Bonchev–Trinajstić information content (AvgIpc) is 3.30. The van der Waals surface area contributed by atoms with E-state index in [9.17, 15) is 9.59 Å². The van der Waals surface area contributed by atoms with Crippen molar-refractivity contribution < 1.29 is 14.3 Å². The van der Waals surface area contributed by atoms with Crippen LogP contribution in [0.3, 0.4) is 0 Å². The number of thiazole rings is 1. The van der Waals surface area contributed by atoms with Crippen LogP contribution in [0.1, 0.15) is 33.3 Å². The number of nitrogens with one attached hydrogen (secondary N) is 1. The number of amides is 1. The van der Waals surface area contributed by atoms with E-state index in [-0.39, 0.29) is 11.7 Å². The van der Waals surface area contributed by atoms with E-state index in [0.29, 0.717) is 54.3 Å². The highest BCUT2D eigenvalue weighted by Gasteiger charge is 2.19. The number of ketones is 1. The molecular weight excluding hydrogens is 510 g/mol. The van der Waals surface area contributed by atoms with Gasteiger partial charge in [0.1, 0.15) is 5.75 Å². The fraction of sp³-hybridized carbons (Fsp3) is 0.111. The maximum atomic E-state index is 13.3. The molecule has 37 heavy (non-hydrogen) atoms. The van der Waals surface area contributed by atoms with Crippen molar-refractivity contribution in [3.05, 3.63) is 82.8 Å². The van der Waals surface area contributed by atoms with Crippen molar-refractivity contribution in [1.82, 2.24) is 19.9 Å². The minimum Gasteiger partial charge on any atom is -0.496 e. The molecule has 3 aromatic heterocycles. The summed E-state index contributed by atoms with van der Waals surface area (Å²) in [5.41, 5.74) is 4.91. The van der Waals surface area contributed by atoms with E-state index >= 15 is 0 Å². The smallest absolute Gasteiger partial charge is 0.259 e. The van der Waals surface area contributed by atoms with Crippen molar-refractivity contribution in [2.75, 3.05) is 12.4 Å². The summed E-state index contributed by atoms with van der Waals surface area (Å²) in [7, 11) is 1.56. The number of fused-ring (bicyclic) bond motifs is 1. The van der Waals surface area contributed by atoms with Crippen molar-refractivity contribution in [3.8, 4) is 28.1 Å². The number of hydrogen-bond donors (Lipinski definition) is 1. The monoisotopic (exact) mass is 529 g/mol. The number of anilines is 1. The van der Waals surface area contributed by atoms with E-state index in [1.165, 1.54) is 24.5 Å². The first-order valence-corrected chi connectivity index (χ1v) is 12.4. The molecule has 0 saturated carbocycles. The molecule has 0 bridgehead atoms. The van der Waals surface area contributed by atoms with E-state index < -0.39 is 0 Å². The average molecular weight is 530 g/mol. The van der Waals surface area contributed by atoms with Crippen LogP contribution >= 0.6 is 22.9 Å². The highest BCUT2D eigenvalue weighted by atomic mass is 35.5. The molecule has 3 heterocycles. The van der Waals surface area contributed by atoms with Gasteiger partial charge in [-0.25, -0.2) is 9.97 Å². The molecule has 0 aliphatic carbocycles. The molecule has 8 nitrogen and oxygen atoms in total. The number of nitrogens with zero attached hydrogens (tertiary/aromatic N) is 4. The highest BCUT2D eigenvalue weighted by molar-refractivity contribution is 7.21. The molecule has 0 fully saturated rings. The van der Waals surface area contributed by atoms with Crippen molar-refractivity contribution in [3.63, 3.8) is 0 Å². The van der Waals surface area contributed by atoms with Gasteiger partial charge in [0.05, 0.1) is 24.6 Å².